The number of halogens is 1. The number of furan rings is 1. The molecule has 39 heavy (non-hydrogen) atoms. The van der Waals surface area contributed by atoms with Crippen LogP contribution in [0, 0.1) is 5.82 Å². The van der Waals surface area contributed by atoms with Crippen molar-refractivity contribution >= 4 is 10.9 Å². The number of hydrogen-bond donors (Lipinski definition) is 1. The van der Waals surface area contributed by atoms with E-state index in [2.05, 4.69) is 20.5 Å². The van der Waals surface area contributed by atoms with Crippen LogP contribution in [-0.2, 0) is 18.6 Å². The number of H-pyrrole nitrogens is 1. The highest BCUT2D eigenvalue weighted by Gasteiger charge is 2.34. The molecule has 0 saturated heterocycles. The van der Waals surface area contributed by atoms with Gasteiger partial charge in [-0.3, -0.25) is 9.69 Å². The molecular formula is C28H27FN6O4. The summed E-state index contributed by atoms with van der Waals surface area (Å²) in [5, 5.41) is 13.5. The molecule has 200 valence electrons. The molecule has 0 radical (unpaired) electrons. The summed E-state index contributed by atoms with van der Waals surface area (Å²) >= 11 is 0. The SMILES string of the molecule is CC(C)(C)n1nnnc1[C@H](c1cc2cc3c(cc2[nH]c1=O)OCO3)N(Cc1ccc(F)cc1)Cc1ccco1. The van der Waals surface area contributed by atoms with E-state index in [9.17, 15) is 9.18 Å². The van der Waals surface area contributed by atoms with Crippen LogP contribution >= 0.6 is 0 Å². The summed E-state index contributed by atoms with van der Waals surface area (Å²) in [6, 6.07) is 14.7. The first-order valence-corrected chi connectivity index (χ1v) is 12.5. The van der Waals surface area contributed by atoms with Crippen LogP contribution in [0.15, 0.2) is 70.1 Å². The highest BCUT2D eigenvalue weighted by atomic mass is 19.1. The Morgan fingerprint density at radius 1 is 1.08 bits per heavy atom. The van der Waals surface area contributed by atoms with Gasteiger partial charge < -0.3 is 18.9 Å². The molecule has 1 atom stereocenters. The maximum Gasteiger partial charge on any atom is 0.253 e. The van der Waals surface area contributed by atoms with Gasteiger partial charge in [0.1, 0.15) is 17.6 Å². The van der Waals surface area contributed by atoms with E-state index in [0.29, 0.717) is 47.3 Å². The summed E-state index contributed by atoms with van der Waals surface area (Å²) in [5.74, 6) is 2.04. The topological polar surface area (TPSA) is 111 Å². The van der Waals surface area contributed by atoms with E-state index in [1.54, 1.807) is 29.1 Å². The van der Waals surface area contributed by atoms with Gasteiger partial charge in [-0.15, -0.1) is 5.10 Å². The predicted molar refractivity (Wildman–Crippen MR) is 140 cm³/mol. The van der Waals surface area contributed by atoms with Crippen LogP contribution in [0.2, 0.25) is 0 Å². The van der Waals surface area contributed by atoms with Gasteiger partial charge in [0.2, 0.25) is 6.79 Å². The molecule has 0 bridgehead atoms. The summed E-state index contributed by atoms with van der Waals surface area (Å²) in [4.78, 5) is 18.8. The molecule has 4 heterocycles. The number of ether oxygens (including phenoxy) is 2. The molecule has 6 rings (SSSR count). The Bertz CT molecular complexity index is 1670. The van der Waals surface area contributed by atoms with E-state index in [4.69, 9.17) is 13.9 Å². The normalized spacial score (nSPS) is 13.9. The number of pyridine rings is 1. The molecule has 5 aromatic rings. The molecule has 0 fully saturated rings. The summed E-state index contributed by atoms with van der Waals surface area (Å²) < 4.78 is 32.2. The number of nitrogens with zero attached hydrogens (tertiary/aromatic N) is 5. The van der Waals surface area contributed by atoms with Crippen LogP contribution < -0.4 is 15.0 Å². The Morgan fingerprint density at radius 3 is 2.56 bits per heavy atom. The quantitative estimate of drug-likeness (QED) is 0.327. The number of nitrogens with one attached hydrogen (secondary N) is 1. The van der Waals surface area contributed by atoms with Gasteiger partial charge in [0, 0.05) is 23.6 Å². The van der Waals surface area contributed by atoms with E-state index in [1.807, 2.05) is 49.9 Å². The number of tetrazole rings is 1. The summed E-state index contributed by atoms with van der Waals surface area (Å²) in [7, 11) is 0. The minimum Gasteiger partial charge on any atom is -0.468 e. The molecule has 3 aromatic heterocycles. The Balaban J connectivity index is 1.55. The van der Waals surface area contributed by atoms with Gasteiger partial charge in [0.15, 0.2) is 17.3 Å². The first-order chi connectivity index (χ1) is 18.8. The zero-order chi connectivity index (χ0) is 27.1. The Hall–Kier alpha value is -4.51. The van der Waals surface area contributed by atoms with E-state index < -0.39 is 11.6 Å². The fourth-order valence-electron chi connectivity index (χ4n) is 4.82. The Kier molecular flexibility index (Phi) is 6.15. The van der Waals surface area contributed by atoms with Crippen molar-refractivity contribution in [2.75, 3.05) is 6.79 Å². The highest BCUT2D eigenvalue weighted by molar-refractivity contribution is 5.83. The maximum atomic E-state index is 13.7. The number of fused-ring (bicyclic) bond motifs is 2. The van der Waals surface area contributed by atoms with E-state index in [-0.39, 0.29) is 18.2 Å². The second-order valence-electron chi connectivity index (χ2n) is 10.5. The fraction of sp³-hybridized carbons (Fsp3) is 0.286. The van der Waals surface area contributed by atoms with Gasteiger partial charge in [0.05, 0.1) is 23.9 Å². The third kappa shape index (κ3) is 4.88. The van der Waals surface area contributed by atoms with Gasteiger partial charge in [-0.2, -0.15) is 0 Å². The minimum atomic E-state index is -0.687. The third-order valence-electron chi connectivity index (χ3n) is 6.64. The first kappa shape index (κ1) is 24.8. The molecule has 2 aromatic carbocycles. The number of hydrogen-bond acceptors (Lipinski definition) is 8. The number of rotatable bonds is 7. The Labute approximate surface area is 223 Å². The molecule has 11 heteroatoms. The zero-order valence-electron chi connectivity index (χ0n) is 21.7. The molecule has 0 saturated carbocycles. The lowest BCUT2D eigenvalue weighted by Gasteiger charge is -2.32. The van der Waals surface area contributed by atoms with Crippen molar-refractivity contribution in [2.24, 2.45) is 0 Å². The highest BCUT2D eigenvalue weighted by Crippen LogP contribution is 2.37. The average Bonchev–Trinajstić information content (AvgIpc) is 3.66. The summed E-state index contributed by atoms with van der Waals surface area (Å²) in [6.45, 7) is 6.80. The van der Waals surface area contributed by atoms with Gasteiger partial charge in [-0.25, -0.2) is 9.07 Å². The molecule has 0 aliphatic carbocycles. The van der Waals surface area contributed by atoms with E-state index in [1.165, 1.54) is 12.1 Å². The van der Waals surface area contributed by atoms with Gasteiger partial charge in [0.25, 0.3) is 5.56 Å². The van der Waals surface area contributed by atoms with Crippen molar-refractivity contribution in [3.63, 3.8) is 0 Å². The summed E-state index contributed by atoms with van der Waals surface area (Å²) in [5.41, 5.74) is 1.15. The van der Waals surface area contributed by atoms with Crippen LogP contribution in [0.4, 0.5) is 4.39 Å². The van der Waals surface area contributed by atoms with Crippen LogP contribution in [0.25, 0.3) is 10.9 Å². The van der Waals surface area contributed by atoms with Crippen LogP contribution in [0.3, 0.4) is 0 Å². The van der Waals surface area contributed by atoms with Crippen molar-refractivity contribution in [2.45, 2.75) is 45.4 Å². The van der Waals surface area contributed by atoms with Gasteiger partial charge >= 0.3 is 0 Å². The number of aromatic nitrogens is 5. The molecule has 1 aliphatic rings. The average molecular weight is 531 g/mol. The third-order valence-corrected chi connectivity index (χ3v) is 6.64. The van der Waals surface area contributed by atoms with Crippen molar-refractivity contribution in [1.29, 1.82) is 0 Å². The second-order valence-corrected chi connectivity index (χ2v) is 10.5. The lowest BCUT2D eigenvalue weighted by atomic mass is 10.0. The number of aromatic amines is 1. The van der Waals surface area contributed by atoms with E-state index in [0.717, 1.165) is 10.9 Å². The second kappa shape index (κ2) is 9.66. The van der Waals surface area contributed by atoms with Crippen molar-refractivity contribution in [3.05, 3.63) is 99.7 Å². The zero-order valence-corrected chi connectivity index (χ0v) is 21.7. The Morgan fingerprint density at radius 2 is 1.85 bits per heavy atom. The van der Waals surface area contributed by atoms with Gasteiger partial charge in [-0.05, 0) is 73.2 Å². The maximum absolute atomic E-state index is 13.7. The molecule has 10 nitrogen and oxygen atoms in total. The molecule has 1 aliphatic heterocycles. The summed E-state index contributed by atoms with van der Waals surface area (Å²) in [6.07, 6.45) is 1.60. The molecular weight excluding hydrogens is 503 g/mol. The molecule has 0 unspecified atom stereocenters. The van der Waals surface area contributed by atoms with Crippen molar-refractivity contribution < 1.29 is 18.3 Å². The van der Waals surface area contributed by atoms with E-state index >= 15 is 0 Å². The molecule has 0 amide bonds. The van der Waals surface area contributed by atoms with Crippen molar-refractivity contribution in [3.8, 4) is 11.5 Å². The minimum absolute atomic E-state index is 0.125. The van der Waals surface area contributed by atoms with Crippen molar-refractivity contribution in [1.82, 2.24) is 30.1 Å². The van der Waals surface area contributed by atoms with Crippen LogP contribution in [0.5, 0.6) is 11.5 Å². The first-order valence-electron chi connectivity index (χ1n) is 12.5. The van der Waals surface area contributed by atoms with Crippen LogP contribution in [-0.4, -0.2) is 36.9 Å². The standard InChI is InChI=1S/C28H27FN6O4/c1-28(2,3)35-26(31-32-33-35)25(21-11-18-12-23-24(39-16-38-23)13-22(18)30-27(21)36)34(15-20-5-4-10-37-20)14-17-6-8-19(29)9-7-17/h4-13,25H,14-16H2,1-3H3,(H,30,36)/t25-/m0/s1. The van der Waals surface area contributed by atoms with Crippen LogP contribution in [0.1, 0.15) is 49.5 Å². The largest absolute Gasteiger partial charge is 0.468 e. The lowest BCUT2D eigenvalue weighted by molar-refractivity contribution is 0.171. The molecule has 1 N–H and O–H groups in total. The van der Waals surface area contributed by atoms with Gasteiger partial charge in [-0.1, -0.05) is 12.1 Å². The monoisotopic (exact) mass is 530 g/mol. The fourth-order valence-corrected chi connectivity index (χ4v) is 4.82. The predicted octanol–water partition coefficient (Wildman–Crippen LogP) is 4.52. The number of benzene rings is 2. The molecule has 0 spiro atoms. The smallest absolute Gasteiger partial charge is 0.253 e. The lowest BCUT2D eigenvalue weighted by Crippen LogP contribution is -2.37.